The third-order valence-corrected chi connectivity index (χ3v) is 4.55. The summed E-state index contributed by atoms with van der Waals surface area (Å²) in [6.07, 6.45) is 1.47. The molecule has 106 valence electrons. The molecule has 3 rings (SSSR count). The Bertz CT molecular complexity index is 274. The van der Waals surface area contributed by atoms with Gasteiger partial charge in [0, 0.05) is 19.6 Å². The number of nitrogens with zero attached hydrogens (tertiary/aromatic N) is 1. The van der Waals surface area contributed by atoms with Gasteiger partial charge in [0.25, 0.3) is 0 Å². The molecule has 0 N–H and O–H groups in total. The van der Waals surface area contributed by atoms with Crippen molar-refractivity contribution in [2.24, 2.45) is 23.2 Å². The van der Waals surface area contributed by atoms with Gasteiger partial charge in [0.1, 0.15) is 0 Å². The van der Waals surface area contributed by atoms with Crippen molar-refractivity contribution in [3.8, 4) is 0 Å². The largest absolute Gasteiger partial charge is 0.375 e. The van der Waals surface area contributed by atoms with Crippen LogP contribution in [0.2, 0.25) is 0 Å². The fourth-order valence-electron chi connectivity index (χ4n) is 4.06. The molecule has 2 heteroatoms. The van der Waals surface area contributed by atoms with Crippen molar-refractivity contribution in [1.29, 1.82) is 0 Å². The molecule has 2 nitrogen and oxygen atoms in total. The molecule has 0 aromatic heterocycles. The molecule has 0 amide bonds. The van der Waals surface area contributed by atoms with Crippen LogP contribution in [0.15, 0.2) is 0 Å². The summed E-state index contributed by atoms with van der Waals surface area (Å²) in [6.45, 7) is 18.2. The molecule has 0 aromatic carbocycles. The Morgan fingerprint density at radius 3 is 2.00 bits per heavy atom. The summed E-state index contributed by atoms with van der Waals surface area (Å²) in [5.74, 6) is 2.84. The van der Waals surface area contributed by atoms with Gasteiger partial charge >= 0.3 is 0 Å². The van der Waals surface area contributed by atoms with E-state index in [4.69, 9.17) is 4.74 Å². The Hall–Kier alpha value is -0.0800. The van der Waals surface area contributed by atoms with Crippen molar-refractivity contribution >= 4 is 0 Å². The molecule has 2 aliphatic heterocycles. The summed E-state index contributed by atoms with van der Waals surface area (Å²) in [5.41, 5.74) is 0.508. The number of hydrogen-bond donors (Lipinski definition) is 0. The summed E-state index contributed by atoms with van der Waals surface area (Å²) in [6, 6.07) is 0. The Kier molecular flexibility index (Phi) is 3.81. The van der Waals surface area contributed by atoms with Gasteiger partial charge in [-0.25, -0.2) is 0 Å². The Morgan fingerprint density at radius 1 is 1.00 bits per heavy atom. The lowest BCUT2D eigenvalue weighted by Crippen LogP contribution is -2.59. The van der Waals surface area contributed by atoms with E-state index in [0.717, 1.165) is 30.9 Å². The van der Waals surface area contributed by atoms with E-state index in [2.05, 4.69) is 46.4 Å². The van der Waals surface area contributed by atoms with Crippen molar-refractivity contribution in [2.45, 2.75) is 53.6 Å². The fourth-order valence-corrected chi connectivity index (χ4v) is 4.06. The van der Waals surface area contributed by atoms with Crippen LogP contribution in [0.25, 0.3) is 0 Å². The first-order chi connectivity index (χ1) is 8.17. The smallest absolute Gasteiger partial charge is 0.0600 e. The normalized spacial score (nSPS) is 33.3. The van der Waals surface area contributed by atoms with Gasteiger partial charge < -0.3 is 9.64 Å². The lowest BCUT2D eigenvalue weighted by Gasteiger charge is -2.58. The second kappa shape index (κ2) is 4.79. The lowest BCUT2D eigenvalue weighted by molar-refractivity contribution is -0.105. The highest BCUT2D eigenvalue weighted by atomic mass is 16.5. The van der Waals surface area contributed by atoms with Crippen molar-refractivity contribution < 1.29 is 4.74 Å². The first-order valence-electron chi connectivity index (χ1n) is 7.53. The Morgan fingerprint density at radius 2 is 1.56 bits per heavy atom. The van der Waals surface area contributed by atoms with E-state index in [1.807, 2.05) is 0 Å². The fraction of sp³-hybridized carbons (Fsp3) is 1.00. The number of piperidine rings is 2. The van der Waals surface area contributed by atoms with Gasteiger partial charge in [0.15, 0.2) is 0 Å². The lowest BCUT2D eigenvalue weighted by atomic mass is 9.53. The van der Waals surface area contributed by atoms with Gasteiger partial charge in [0.05, 0.1) is 12.2 Å². The number of rotatable bonds is 3. The van der Waals surface area contributed by atoms with Crippen LogP contribution in [0, 0.1) is 23.2 Å². The number of ether oxygens (including phenoxy) is 1. The van der Waals surface area contributed by atoms with Crippen molar-refractivity contribution in [2.75, 3.05) is 26.2 Å². The SMILES string of the molecule is CC(C)(C)OCCN1CC2CC(C1)C2C(C)(C)C. The van der Waals surface area contributed by atoms with Gasteiger partial charge in [-0.15, -0.1) is 0 Å². The molecule has 2 bridgehead atoms. The maximum Gasteiger partial charge on any atom is 0.0600 e. The van der Waals surface area contributed by atoms with Crippen LogP contribution in [0.1, 0.15) is 48.0 Å². The minimum atomic E-state index is 0.00660. The summed E-state index contributed by atoms with van der Waals surface area (Å²) in [4.78, 5) is 2.62. The molecule has 1 saturated carbocycles. The first kappa shape index (κ1) is 14.3. The Balaban J connectivity index is 1.75. The highest BCUT2D eigenvalue weighted by Gasteiger charge is 2.50. The topological polar surface area (TPSA) is 12.5 Å². The van der Waals surface area contributed by atoms with Crippen LogP contribution in [0.5, 0.6) is 0 Å². The minimum absolute atomic E-state index is 0.00660. The van der Waals surface area contributed by atoms with E-state index in [9.17, 15) is 0 Å². The molecule has 1 aliphatic carbocycles. The standard InChI is InChI=1S/C16H31NO/c1-15(2,3)14-12-9-13(14)11-17(10-12)7-8-18-16(4,5)6/h12-14H,7-11H2,1-6H3. The zero-order valence-electron chi connectivity index (χ0n) is 13.1. The average Bonchev–Trinajstić information content (AvgIpc) is 2.12. The van der Waals surface area contributed by atoms with Crippen LogP contribution in [-0.4, -0.2) is 36.7 Å². The van der Waals surface area contributed by atoms with E-state index >= 15 is 0 Å². The zero-order valence-corrected chi connectivity index (χ0v) is 13.1. The highest BCUT2D eigenvalue weighted by Crippen LogP contribution is 2.53. The Labute approximate surface area is 113 Å². The average molecular weight is 253 g/mol. The van der Waals surface area contributed by atoms with Gasteiger partial charge in [-0.3, -0.25) is 0 Å². The summed E-state index contributed by atoms with van der Waals surface area (Å²) < 4.78 is 5.83. The minimum Gasteiger partial charge on any atom is -0.375 e. The van der Waals surface area contributed by atoms with E-state index in [-0.39, 0.29) is 5.60 Å². The molecular formula is C16H31NO. The summed E-state index contributed by atoms with van der Waals surface area (Å²) in [5, 5.41) is 0. The molecule has 2 saturated heterocycles. The van der Waals surface area contributed by atoms with Crippen molar-refractivity contribution in [1.82, 2.24) is 4.90 Å². The predicted octanol–water partition coefficient (Wildman–Crippen LogP) is 3.42. The molecule has 18 heavy (non-hydrogen) atoms. The van der Waals surface area contributed by atoms with Gasteiger partial charge in [-0.05, 0) is 50.4 Å². The number of hydrogen-bond acceptors (Lipinski definition) is 2. The van der Waals surface area contributed by atoms with E-state index in [0.29, 0.717) is 5.41 Å². The van der Waals surface area contributed by atoms with Crippen LogP contribution >= 0.6 is 0 Å². The summed E-state index contributed by atoms with van der Waals surface area (Å²) in [7, 11) is 0. The van der Waals surface area contributed by atoms with Crippen LogP contribution < -0.4 is 0 Å². The van der Waals surface area contributed by atoms with Gasteiger partial charge in [-0.2, -0.15) is 0 Å². The first-order valence-corrected chi connectivity index (χ1v) is 7.53. The van der Waals surface area contributed by atoms with Gasteiger partial charge in [-0.1, -0.05) is 20.8 Å². The molecule has 2 atom stereocenters. The maximum absolute atomic E-state index is 5.83. The van der Waals surface area contributed by atoms with Crippen molar-refractivity contribution in [3.63, 3.8) is 0 Å². The molecule has 2 unspecified atom stereocenters. The van der Waals surface area contributed by atoms with Crippen LogP contribution in [0.4, 0.5) is 0 Å². The monoisotopic (exact) mass is 253 g/mol. The maximum atomic E-state index is 5.83. The second-order valence-electron chi connectivity index (χ2n) is 8.37. The molecule has 0 radical (unpaired) electrons. The molecule has 0 aromatic rings. The van der Waals surface area contributed by atoms with Crippen LogP contribution in [-0.2, 0) is 4.74 Å². The van der Waals surface area contributed by atoms with Crippen molar-refractivity contribution in [3.05, 3.63) is 0 Å². The van der Waals surface area contributed by atoms with E-state index in [1.54, 1.807) is 0 Å². The van der Waals surface area contributed by atoms with E-state index < -0.39 is 0 Å². The third kappa shape index (κ3) is 3.27. The predicted molar refractivity (Wildman–Crippen MR) is 76.7 cm³/mol. The molecule has 3 fully saturated rings. The molecule has 3 aliphatic rings. The quantitative estimate of drug-likeness (QED) is 0.764. The van der Waals surface area contributed by atoms with Crippen LogP contribution in [0.3, 0.4) is 0 Å². The zero-order chi connectivity index (χ0) is 13.6. The molecule has 0 spiro atoms. The van der Waals surface area contributed by atoms with Gasteiger partial charge in [0.2, 0.25) is 0 Å². The molecule has 2 heterocycles. The van der Waals surface area contributed by atoms with E-state index in [1.165, 1.54) is 19.5 Å². The molecular weight excluding hydrogens is 222 g/mol. The second-order valence-corrected chi connectivity index (χ2v) is 8.37. The summed E-state index contributed by atoms with van der Waals surface area (Å²) >= 11 is 0. The highest BCUT2D eigenvalue weighted by molar-refractivity contribution is 5.01. The third-order valence-electron chi connectivity index (χ3n) is 4.55. The number of fused-ring (bicyclic) bond motifs is 2.